The van der Waals surface area contributed by atoms with Crippen molar-refractivity contribution in [3.63, 3.8) is 0 Å². The summed E-state index contributed by atoms with van der Waals surface area (Å²) in [6.45, 7) is 1.29. The van der Waals surface area contributed by atoms with Gasteiger partial charge in [0.1, 0.15) is 0 Å². The van der Waals surface area contributed by atoms with Crippen LogP contribution in [0.5, 0.6) is 0 Å². The highest BCUT2D eigenvalue weighted by atomic mass is 32.2. The highest BCUT2D eigenvalue weighted by molar-refractivity contribution is 7.91. The molecule has 0 fully saturated rings. The van der Waals surface area contributed by atoms with Gasteiger partial charge in [0.2, 0.25) is 10.0 Å². The van der Waals surface area contributed by atoms with Crippen molar-refractivity contribution in [2.24, 2.45) is 0 Å². The Kier molecular flexibility index (Phi) is 5.87. The fourth-order valence-electron chi connectivity index (χ4n) is 1.56. The third-order valence-electron chi connectivity index (χ3n) is 2.71. The van der Waals surface area contributed by atoms with Gasteiger partial charge in [0.15, 0.2) is 9.84 Å². The summed E-state index contributed by atoms with van der Waals surface area (Å²) in [5, 5.41) is 8.83. The maximum Gasteiger partial charge on any atom is 0.335 e. The molecule has 0 saturated carbocycles. The normalized spacial score (nSPS) is 12.2. The molecular weight excluding hydrogens is 318 g/mol. The Bertz CT molecular complexity index is 709. The number of hydrogen-bond acceptors (Lipinski definition) is 5. The summed E-state index contributed by atoms with van der Waals surface area (Å²) in [6.07, 6.45) is 0. The number of aromatic carboxylic acids is 1. The Balaban J connectivity index is 2.68. The lowest BCUT2D eigenvalue weighted by atomic mass is 10.1. The first kappa shape index (κ1) is 17.6. The van der Waals surface area contributed by atoms with Crippen LogP contribution in [0.1, 0.15) is 22.8 Å². The van der Waals surface area contributed by atoms with Crippen molar-refractivity contribution >= 4 is 25.8 Å². The smallest absolute Gasteiger partial charge is 0.335 e. The second-order valence-corrected chi connectivity index (χ2v) is 8.67. The van der Waals surface area contributed by atoms with E-state index < -0.39 is 31.6 Å². The Morgan fingerprint density at radius 2 is 1.90 bits per heavy atom. The van der Waals surface area contributed by atoms with Crippen LogP contribution in [0.3, 0.4) is 0 Å². The van der Waals surface area contributed by atoms with Crippen LogP contribution in [-0.4, -0.2) is 46.0 Å². The van der Waals surface area contributed by atoms with Crippen LogP contribution >= 0.6 is 0 Å². The van der Waals surface area contributed by atoms with Crippen LogP contribution in [0, 0.1) is 0 Å². The van der Waals surface area contributed by atoms with Crippen LogP contribution in [0.15, 0.2) is 24.3 Å². The minimum absolute atomic E-state index is 0.00346. The van der Waals surface area contributed by atoms with Gasteiger partial charge in [0, 0.05) is 12.3 Å². The summed E-state index contributed by atoms with van der Waals surface area (Å²) >= 11 is 0. The van der Waals surface area contributed by atoms with Crippen LogP contribution in [-0.2, 0) is 25.6 Å². The standard InChI is InChI=1S/C12H17NO6S2/c1-2-20(16,17)7-6-13-21(18,19)9-10-4-3-5-11(8-10)12(14)15/h3-5,8,13H,2,6-7,9H2,1H3,(H,14,15). The first-order valence-electron chi connectivity index (χ1n) is 6.15. The molecule has 0 unspecified atom stereocenters. The predicted molar refractivity (Wildman–Crippen MR) is 78.4 cm³/mol. The molecule has 1 aromatic carbocycles. The second-order valence-electron chi connectivity index (χ2n) is 4.40. The summed E-state index contributed by atoms with van der Waals surface area (Å²) in [7, 11) is -6.95. The van der Waals surface area contributed by atoms with Gasteiger partial charge >= 0.3 is 5.97 Å². The van der Waals surface area contributed by atoms with Gasteiger partial charge in [-0.15, -0.1) is 0 Å². The van der Waals surface area contributed by atoms with E-state index in [0.717, 1.165) is 0 Å². The van der Waals surface area contributed by atoms with Crippen molar-refractivity contribution in [2.75, 3.05) is 18.1 Å². The van der Waals surface area contributed by atoms with Gasteiger partial charge in [-0.25, -0.2) is 26.4 Å². The lowest BCUT2D eigenvalue weighted by Gasteiger charge is -2.07. The number of carboxylic acid groups (broad SMARTS) is 1. The van der Waals surface area contributed by atoms with E-state index in [0.29, 0.717) is 5.56 Å². The zero-order valence-corrected chi connectivity index (χ0v) is 13.1. The minimum Gasteiger partial charge on any atom is -0.478 e. The van der Waals surface area contributed by atoms with Crippen molar-refractivity contribution in [2.45, 2.75) is 12.7 Å². The third kappa shape index (κ3) is 6.23. The van der Waals surface area contributed by atoms with Gasteiger partial charge in [-0.1, -0.05) is 19.1 Å². The summed E-state index contributed by atoms with van der Waals surface area (Å²) in [6, 6.07) is 5.58. The van der Waals surface area contributed by atoms with E-state index in [1.54, 1.807) is 0 Å². The number of rotatable bonds is 8. The average Bonchev–Trinajstić information content (AvgIpc) is 2.38. The van der Waals surface area contributed by atoms with E-state index in [1.807, 2.05) is 0 Å². The van der Waals surface area contributed by atoms with Crippen molar-refractivity contribution in [3.8, 4) is 0 Å². The quantitative estimate of drug-likeness (QED) is 0.702. The molecule has 0 aliphatic carbocycles. The summed E-state index contributed by atoms with van der Waals surface area (Å²) in [5.41, 5.74) is 0.317. The van der Waals surface area contributed by atoms with E-state index in [1.165, 1.54) is 31.2 Å². The first-order valence-corrected chi connectivity index (χ1v) is 9.62. The molecule has 21 heavy (non-hydrogen) atoms. The van der Waals surface area contributed by atoms with Gasteiger partial charge < -0.3 is 5.11 Å². The topological polar surface area (TPSA) is 118 Å². The molecule has 0 spiro atoms. The molecule has 118 valence electrons. The number of sulfone groups is 1. The summed E-state index contributed by atoms with van der Waals surface area (Å²) in [4.78, 5) is 10.8. The maximum absolute atomic E-state index is 11.8. The summed E-state index contributed by atoms with van der Waals surface area (Å²) in [5.74, 6) is -1.86. The molecule has 0 aliphatic rings. The second kappa shape index (κ2) is 7.01. The number of sulfonamides is 1. The van der Waals surface area contributed by atoms with Crippen LogP contribution < -0.4 is 4.72 Å². The zero-order chi connectivity index (χ0) is 16.1. The number of hydrogen-bond donors (Lipinski definition) is 2. The molecule has 0 amide bonds. The van der Waals surface area contributed by atoms with Crippen molar-refractivity contribution in [1.29, 1.82) is 0 Å². The molecule has 0 aromatic heterocycles. The highest BCUT2D eigenvalue weighted by Crippen LogP contribution is 2.08. The monoisotopic (exact) mass is 335 g/mol. The van der Waals surface area contributed by atoms with Gasteiger partial charge in [-0.3, -0.25) is 0 Å². The van der Waals surface area contributed by atoms with Crippen molar-refractivity contribution < 1.29 is 26.7 Å². The van der Waals surface area contributed by atoms with Gasteiger partial charge in [0.05, 0.1) is 17.1 Å². The fourth-order valence-corrected chi connectivity index (χ4v) is 3.53. The van der Waals surface area contributed by atoms with Crippen LogP contribution in [0.4, 0.5) is 0 Å². The lowest BCUT2D eigenvalue weighted by molar-refractivity contribution is 0.0696. The first-order chi connectivity index (χ1) is 9.65. The maximum atomic E-state index is 11.8. The van der Waals surface area contributed by atoms with Crippen LogP contribution in [0.25, 0.3) is 0 Å². The molecule has 9 heteroatoms. The van der Waals surface area contributed by atoms with Gasteiger partial charge in [-0.2, -0.15) is 0 Å². The Morgan fingerprint density at radius 1 is 1.24 bits per heavy atom. The van der Waals surface area contributed by atoms with E-state index >= 15 is 0 Å². The lowest BCUT2D eigenvalue weighted by Crippen LogP contribution is -2.30. The SMILES string of the molecule is CCS(=O)(=O)CCNS(=O)(=O)Cc1cccc(C(=O)O)c1. The number of carboxylic acids is 1. The Labute approximate surface area is 124 Å². The van der Waals surface area contributed by atoms with Crippen molar-refractivity contribution in [1.82, 2.24) is 4.72 Å². The number of benzene rings is 1. The zero-order valence-electron chi connectivity index (χ0n) is 11.4. The Morgan fingerprint density at radius 3 is 2.48 bits per heavy atom. The molecule has 0 aliphatic heterocycles. The largest absolute Gasteiger partial charge is 0.478 e. The Hall–Kier alpha value is -1.45. The molecule has 0 atom stereocenters. The highest BCUT2D eigenvalue weighted by Gasteiger charge is 2.14. The van der Waals surface area contributed by atoms with E-state index in [9.17, 15) is 21.6 Å². The molecule has 7 nitrogen and oxygen atoms in total. The fraction of sp³-hybridized carbons (Fsp3) is 0.417. The molecule has 0 heterocycles. The predicted octanol–water partition coefficient (Wildman–Crippen LogP) is 0.239. The average molecular weight is 335 g/mol. The number of nitrogens with one attached hydrogen (secondary N) is 1. The van der Waals surface area contributed by atoms with Gasteiger partial charge in [-0.05, 0) is 17.7 Å². The van der Waals surface area contributed by atoms with Crippen molar-refractivity contribution in [3.05, 3.63) is 35.4 Å². The summed E-state index contributed by atoms with van der Waals surface area (Å²) < 4.78 is 48.3. The van der Waals surface area contributed by atoms with E-state index in [4.69, 9.17) is 5.11 Å². The molecule has 0 saturated heterocycles. The molecular formula is C12H17NO6S2. The van der Waals surface area contributed by atoms with E-state index in [2.05, 4.69) is 4.72 Å². The van der Waals surface area contributed by atoms with E-state index in [-0.39, 0.29) is 23.6 Å². The molecule has 0 bridgehead atoms. The molecule has 2 N–H and O–H groups in total. The number of carbonyl (C=O) groups is 1. The minimum atomic E-state index is -3.72. The molecule has 1 rings (SSSR count). The third-order valence-corrected chi connectivity index (χ3v) is 5.77. The van der Waals surface area contributed by atoms with Gasteiger partial charge in [0.25, 0.3) is 0 Å². The molecule has 1 aromatic rings. The van der Waals surface area contributed by atoms with Crippen LogP contribution in [0.2, 0.25) is 0 Å². The molecule has 0 radical (unpaired) electrons.